The lowest BCUT2D eigenvalue weighted by molar-refractivity contribution is -0.274. The van der Waals surface area contributed by atoms with E-state index < -0.39 is 36.1 Å². The van der Waals surface area contributed by atoms with Crippen LogP contribution in [0, 0.1) is 0 Å². The number of alkyl halides is 3. The summed E-state index contributed by atoms with van der Waals surface area (Å²) in [5.41, 5.74) is -0.0842. The van der Waals surface area contributed by atoms with Crippen LogP contribution in [0.3, 0.4) is 0 Å². The summed E-state index contributed by atoms with van der Waals surface area (Å²) in [4.78, 5) is 34.2. The molecular formula is C13H13F3N2O5. The van der Waals surface area contributed by atoms with E-state index in [2.05, 4.69) is 10.1 Å². The minimum atomic E-state index is -4.84. The lowest BCUT2D eigenvalue weighted by Gasteiger charge is -2.13. The number of nitrogens with one attached hydrogen (secondary N) is 2. The summed E-state index contributed by atoms with van der Waals surface area (Å²) >= 11 is 0. The first-order chi connectivity index (χ1) is 10.6. The van der Waals surface area contributed by atoms with Crippen LogP contribution >= 0.6 is 0 Å². The molecular weight excluding hydrogens is 321 g/mol. The molecule has 10 heteroatoms. The van der Waals surface area contributed by atoms with Crippen LogP contribution in [0.1, 0.15) is 17.3 Å². The minimum absolute atomic E-state index is 0.0842. The maximum absolute atomic E-state index is 12.0. The van der Waals surface area contributed by atoms with Crippen molar-refractivity contribution in [3.05, 3.63) is 29.8 Å². The Morgan fingerprint density at radius 1 is 1.13 bits per heavy atom. The van der Waals surface area contributed by atoms with Gasteiger partial charge in [0.15, 0.2) is 6.10 Å². The zero-order chi connectivity index (χ0) is 17.6. The Labute approximate surface area is 128 Å². The van der Waals surface area contributed by atoms with Crippen LogP contribution in [0.2, 0.25) is 0 Å². The van der Waals surface area contributed by atoms with E-state index in [1.54, 1.807) is 0 Å². The second-order valence-corrected chi connectivity index (χ2v) is 4.19. The number of esters is 1. The zero-order valence-electron chi connectivity index (χ0n) is 12.1. The molecule has 0 radical (unpaired) electrons. The van der Waals surface area contributed by atoms with E-state index in [4.69, 9.17) is 4.74 Å². The van der Waals surface area contributed by atoms with Crippen molar-refractivity contribution >= 4 is 17.9 Å². The number of rotatable bonds is 4. The van der Waals surface area contributed by atoms with Gasteiger partial charge in [-0.1, -0.05) is 0 Å². The molecule has 1 rings (SSSR count). The summed E-state index contributed by atoms with van der Waals surface area (Å²) in [6.07, 6.45) is -6.11. The second kappa shape index (κ2) is 7.47. The van der Waals surface area contributed by atoms with Crippen molar-refractivity contribution in [3.8, 4) is 5.75 Å². The van der Waals surface area contributed by atoms with Gasteiger partial charge in [-0.3, -0.25) is 10.1 Å². The van der Waals surface area contributed by atoms with E-state index in [1.807, 2.05) is 5.32 Å². The summed E-state index contributed by atoms with van der Waals surface area (Å²) in [6, 6.07) is 3.18. The number of urea groups is 1. The molecule has 0 heterocycles. The Morgan fingerprint density at radius 3 is 2.17 bits per heavy atom. The van der Waals surface area contributed by atoms with Crippen LogP contribution in [0.25, 0.3) is 0 Å². The lowest BCUT2D eigenvalue weighted by Crippen LogP contribution is -2.43. The van der Waals surface area contributed by atoms with Crippen molar-refractivity contribution < 1.29 is 37.0 Å². The SMILES string of the molecule is CNC(=O)NC(=O)[C@@H](C)OC(=O)c1ccc(OC(F)(F)F)cc1. The van der Waals surface area contributed by atoms with Crippen LogP contribution in [-0.4, -0.2) is 37.4 Å². The number of hydrogen-bond acceptors (Lipinski definition) is 5. The van der Waals surface area contributed by atoms with Gasteiger partial charge in [0.25, 0.3) is 5.91 Å². The van der Waals surface area contributed by atoms with Crippen LogP contribution in [0.4, 0.5) is 18.0 Å². The van der Waals surface area contributed by atoms with Gasteiger partial charge >= 0.3 is 18.4 Å². The summed E-state index contributed by atoms with van der Waals surface area (Å²) in [5.74, 6) is -2.29. The molecule has 1 aromatic rings. The van der Waals surface area contributed by atoms with E-state index in [0.717, 1.165) is 24.3 Å². The molecule has 1 atom stereocenters. The van der Waals surface area contributed by atoms with E-state index in [1.165, 1.54) is 14.0 Å². The van der Waals surface area contributed by atoms with Crippen molar-refractivity contribution in [2.45, 2.75) is 19.4 Å². The number of carbonyl (C=O) groups is 3. The third-order valence-electron chi connectivity index (χ3n) is 2.44. The third-order valence-corrected chi connectivity index (χ3v) is 2.44. The first kappa shape index (κ1) is 18.3. The summed E-state index contributed by atoms with van der Waals surface area (Å²) in [6.45, 7) is 1.23. The minimum Gasteiger partial charge on any atom is -0.449 e. The Bertz CT molecular complexity index is 586. The Morgan fingerprint density at radius 2 is 1.70 bits per heavy atom. The molecule has 1 aromatic carbocycles. The van der Waals surface area contributed by atoms with E-state index in [-0.39, 0.29) is 5.56 Å². The number of hydrogen-bond donors (Lipinski definition) is 2. The van der Waals surface area contributed by atoms with Gasteiger partial charge < -0.3 is 14.8 Å². The third kappa shape index (κ3) is 6.24. The molecule has 0 saturated heterocycles. The molecule has 0 fully saturated rings. The highest BCUT2D eigenvalue weighted by Gasteiger charge is 2.31. The van der Waals surface area contributed by atoms with Gasteiger partial charge in [0.1, 0.15) is 5.75 Å². The van der Waals surface area contributed by atoms with E-state index >= 15 is 0 Å². The fraction of sp³-hybridized carbons (Fsp3) is 0.308. The van der Waals surface area contributed by atoms with Gasteiger partial charge in [-0.05, 0) is 31.2 Å². The van der Waals surface area contributed by atoms with Crippen molar-refractivity contribution in [2.24, 2.45) is 0 Å². The lowest BCUT2D eigenvalue weighted by atomic mass is 10.2. The smallest absolute Gasteiger partial charge is 0.449 e. The monoisotopic (exact) mass is 334 g/mol. The highest BCUT2D eigenvalue weighted by Crippen LogP contribution is 2.22. The summed E-state index contributed by atoms with van der Waals surface area (Å²) in [7, 11) is 1.30. The second-order valence-electron chi connectivity index (χ2n) is 4.19. The predicted molar refractivity (Wildman–Crippen MR) is 70.6 cm³/mol. The fourth-order valence-electron chi connectivity index (χ4n) is 1.35. The van der Waals surface area contributed by atoms with Gasteiger partial charge in [0.05, 0.1) is 5.56 Å². The summed E-state index contributed by atoms with van der Waals surface area (Å²) in [5, 5.41) is 4.05. The van der Waals surface area contributed by atoms with Crippen molar-refractivity contribution in [3.63, 3.8) is 0 Å². The average molecular weight is 334 g/mol. The first-order valence-electron chi connectivity index (χ1n) is 6.21. The Kier molecular flexibility index (Phi) is 5.94. The van der Waals surface area contributed by atoms with Crippen molar-refractivity contribution in [1.29, 1.82) is 0 Å². The fourth-order valence-corrected chi connectivity index (χ4v) is 1.35. The predicted octanol–water partition coefficient (Wildman–Crippen LogP) is 1.59. The number of ether oxygens (including phenoxy) is 2. The van der Waals surface area contributed by atoms with E-state index in [9.17, 15) is 27.6 Å². The molecule has 0 aliphatic carbocycles. The highest BCUT2D eigenvalue weighted by atomic mass is 19.4. The van der Waals surface area contributed by atoms with Gasteiger partial charge in [0.2, 0.25) is 0 Å². The van der Waals surface area contributed by atoms with Crippen molar-refractivity contribution in [2.75, 3.05) is 7.05 Å². The Hall–Kier alpha value is -2.78. The van der Waals surface area contributed by atoms with E-state index in [0.29, 0.717) is 0 Å². The molecule has 3 amide bonds. The molecule has 2 N–H and O–H groups in total. The van der Waals surface area contributed by atoms with Gasteiger partial charge in [-0.25, -0.2) is 9.59 Å². The molecule has 7 nitrogen and oxygen atoms in total. The first-order valence-corrected chi connectivity index (χ1v) is 6.21. The quantitative estimate of drug-likeness (QED) is 0.816. The normalized spacial score (nSPS) is 12.0. The van der Waals surface area contributed by atoms with Crippen LogP contribution in [0.5, 0.6) is 5.75 Å². The molecule has 0 bridgehead atoms. The Balaban J connectivity index is 2.64. The molecule has 0 aliphatic heterocycles. The maximum atomic E-state index is 12.0. The van der Waals surface area contributed by atoms with Crippen LogP contribution in [-0.2, 0) is 9.53 Å². The zero-order valence-corrected chi connectivity index (χ0v) is 12.1. The van der Waals surface area contributed by atoms with Gasteiger partial charge in [-0.15, -0.1) is 13.2 Å². The summed E-state index contributed by atoms with van der Waals surface area (Å²) < 4.78 is 44.5. The number of benzene rings is 1. The average Bonchev–Trinajstić information content (AvgIpc) is 2.45. The molecule has 0 spiro atoms. The standard InChI is InChI=1S/C13H13F3N2O5/c1-7(10(19)18-12(21)17-2)22-11(20)8-3-5-9(6-4-8)23-13(14,15)16/h3-7H,1-2H3,(H2,17,18,19,21)/t7-/m1/s1. The van der Waals surface area contributed by atoms with Crippen molar-refractivity contribution in [1.82, 2.24) is 10.6 Å². The molecule has 23 heavy (non-hydrogen) atoms. The number of carbonyl (C=O) groups excluding carboxylic acids is 3. The number of imide groups is 1. The van der Waals surface area contributed by atoms with Gasteiger partial charge in [-0.2, -0.15) is 0 Å². The molecule has 126 valence electrons. The molecule has 0 saturated carbocycles. The van der Waals surface area contributed by atoms with Crippen LogP contribution in [0.15, 0.2) is 24.3 Å². The topological polar surface area (TPSA) is 93.7 Å². The molecule has 0 aliphatic rings. The maximum Gasteiger partial charge on any atom is 0.573 e. The van der Waals surface area contributed by atoms with Gasteiger partial charge in [0, 0.05) is 7.05 Å². The number of halogens is 3. The van der Waals surface area contributed by atoms with Crippen LogP contribution < -0.4 is 15.4 Å². The molecule has 0 unspecified atom stereocenters. The number of amides is 3. The molecule has 0 aromatic heterocycles. The largest absolute Gasteiger partial charge is 0.573 e. The highest BCUT2D eigenvalue weighted by molar-refractivity contribution is 5.98.